The fourth-order valence-electron chi connectivity index (χ4n) is 3.37. The van der Waals surface area contributed by atoms with E-state index in [0.717, 1.165) is 18.5 Å². The first-order chi connectivity index (χ1) is 11.8. The van der Waals surface area contributed by atoms with E-state index in [1.165, 1.54) is 0 Å². The Hall–Kier alpha value is -2.44. The third-order valence-electron chi connectivity index (χ3n) is 5.13. The lowest BCUT2D eigenvalue weighted by Crippen LogP contribution is -2.54. The van der Waals surface area contributed by atoms with Gasteiger partial charge < -0.3 is 10.4 Å². The van der Waals surface area contributed by atoms with Gasteiger partial charge in [-0.1, -0.05) is 6.92 Å². The van der Waals surface area contributed by atoms with Crippen molar-refractivity contribution in [3.05, 3.63) is 23.5 Å². The number of nitrogens with zero attached hydrogens (tertiary/aromatic N) is 3. The Labute approximate surface area is 146 Å². The molecule has 0 aliphatic heterocycles. The number of rotatable bonds is 6. The van der Waals surface area contributed by atoms with Crippen LogP contribution in [0, 0.1) is 6.92 Å². The quantitative estimate of drug-likeness (QED) is 0.840. The number of amides is 1. The van der Waals surface area contributed by atoms with Crippen molar-refractivity contribution < 1.29 is 14.7 Å². The highest BCUT2D eigenvalue weighted by molar-refractivity contribution is 6.06. The monoisotopic (exact) mass is 344 g/mol. The maximum atomic E-state index is 12.9. The van der Waals surface area contributed by atoms with Crippen LogP contribution in [0.5, 0.6) is 0 Å². The van der Waals surface area contributed by atoms with Crippen molar-refractivity contribution >= 4 is 22.9 Å². The van der Waals surface area contributed by atoms with Crippen LogP contribution in [-0.4, -0.2) is 37.3 Å². The molecule has 1 amide bonds. The summed E-state index contributed by atoms with van der Waals surface area (Å²) in [5.74, 6) is -1.14. The molecule has 1 aliphatic carbocycles. The van der Waals surface area contributed by atoms with Gasteiger partial charge >= 0.3 is 5.97 Å². The van der Waals surface area contributed by atoms with Crippen LogP contribution in [0.4, 0.5) is 0 Å². The molecule has 3 rings (SSSR count). The summed E-state index contributed by atoms with van der Waals surface area (Å²) < 4.78 is 1.84. The predicted octanol–water partition coefficient (Wildman–Crippen LogP) is 2.84. The number of carboxylic acids is 1. The Morgan fingerprint density at radius 1 is 1.44 bits per heavy atom. The molecule has 7 nitrogen and oxygen atoms in total. The smallest absolute Gasteiger partial charge is 0.305 e. The Morgan fingerprint density at radius 2 is 2.16 bits per heavy atom. The number of aliphatic carboxylic acids is 1. The van der Waals surface area contributed by atoms with Crippen LogP contribution in [0.15, 0.2) is 12.3 Å². The normalized spacial score (nSPS) is 17.1. The molecular weight excluding hydrogens is 320 g/mol. The molecular formula is C18H24N4O3. The Bertz CT molecular complexity index is 823. The number of fused-ring (bicyclic) bond motifs is 1. The molecule has 2 heterocycles. The van der Waals surface area contributed by atoms with E-state index >= 15 is 0 Å². The molecule has 1 aliphatic rings. The second-order valence-electron chi connectivity index (χ2n) is 7.05. The SMILES string of the molecule is CCC(C)n1ncc2c(C(=O)NC3(CC(=O)O)CCC3)cc(C)nc21. The first kappa shape index (κ1) is 17.4. The standard InChI is InChI=1S/C18H24N4O3/c1-4-12(3)22-16-14(10-19-22)13(8-11(2)20-16)17(25)21-18(6-5-7-18)9-15(23)24/h8,10,12H,4-7,9H2,1-3H3,(H,21,25)(H,23,24). The van der Waals surface area contributed by atoms with Gasteiger partial charge in [0.25, 0.3) is 5.91 Å². The van der Waals surface area contributed by atoms with Crippen molar-refractivity contribution in [3.63, 3.8) is 0 Å². The molecule has 7 heteroatoms. The molecule has 0 radical (unpaired) electrons. The zero-order valence-corrected chi connectivity index (χ0v) is 14.9. The highest BCUT2D eigenvalue weighted by Gasteiger charge is 2.40. The molecule has 2 aromatic heterocycles. The second-order valence-corrected chi connectivity index (χ2v) is 7.05. The van der Waals surface area contributed by atoms with Crippen LogP contribution in [0.1, 0.15) is 68.0 Å². The molecule has 1 unspecified atom stereocenters. The lowest BCUT2D eigenvalue weighted by molar-refractivity contribution is -0.139. The third kappa shape index (κ3) is 3.23. The molecule has 2 aromatic rings. The average Bonchev–Trinajstić information content (AvgIpc) is 2.94. The van der Waals surface area contributed by atoms with Crippen LogP contribution in [0.2, 0.25) is 0 Å². The molecule has 134 valence electrons. The molecule has 1 atom stereocenters. The van der Waals surface area contributed by atoms with Crippen molar-refractivity contribution in [1.82, 2.24) is 20.1 Å². The summed E-state index contributed by atoms with van der Waals surface area (Å²) in [6.45, 7) is 5.99. The molecule has 0 spiro atoms. The number of hydrogen-bond donors (Lipinski definition) is 2. The zero-order valence-electron chi connectivity index (χ0n) is 14.9. The van der Waals surface area contributed by atoms with Gasteiger partial charge in [0.05, 0.1) is 35.1 Å². The van der Waals surface area contributed by atoms with E-state index < -0.39 is 11.5 Å². The van der Waals surface area contributed by atoms with E-state index in [1.807, 2.05) is 11.6 Å². The fourth-order valence-corrected chi connectivity index (χ4v) is 3.37. The van der Waals surface area contributed by atoms with Gasteiger partial charge in [-0.15, -0.1) is 0 Å². The van der Waals surface area contributed by atoms with Crippen LogP contribution in [0.3, 0.4) is 0 Å². The van der Waals surface area contributed by atoms with Crippen LogP contribution in [0.25, 0.3) is 11.0 Å². The van der Waals surface area contributed by atoms with Crippen molar-refractivity contribution in [3.8, 4) is 0 Å². The number of hydrogen-bond acceptors (Lipinski definition) is 4. The summed E-state index contributed by atoms with van der Waals surface area (Å²) >= 11 is 0. The van der Waals surface area contributed by atoms with E-state index in [9.17, 15) is 9.59 Å². The molecule has 25 heavy (non-hydrogen) atoms. The van der Waals surface area contributed by atoms with Gasteiger partial charge in [-0.05, 0) is 45.6 Å². The number of carbonyl (C=O) groups is 2. The first-order valence-electron chi connectivity index (χ1n) is 8.74. The minimum Gasteiger partial charge on any atom is -0.481 e. The number of carboxylic acid groups (broad SMARTS) is 1. The maximum Gasteiger partial charge on any atom is 0.305 e. The summed E-state index contributed by atoms with van der Waals surface area (Å²) in [4.78, 5) is 28.6. The van der Waals surface area contributed by atoms with Crippen LogP contribution >= 0.6 is 0 Å². The number of aryl methyl sites for hydroxylation is 1. The van der Waals surface area contributed by atoms with Crippen LogP contribution in [-0.2, 0) is 4.79 Å². The number of carbonyl (C=O) groups excluding carboxylic acids is 1. The molecule has 1 fully saturated rings. The average molecular weight is 344 g/mol. The van der Waals surface area contributed by atoms with Crippen molar-refractivity contribution in [2.45, 2.75) is 64.5 Å². The van der Waals surface area contributed by atoms with Gasteiger partial charge in [0, 0.05) is 5.69 Å². The molecule has 2 N–H and O–H groups in total. The molecule has 1 saturated carbocycles. The van der Waals surface area contributed by atoms with E-state index in [1.54, 1.807) is 12.3 Å². The number of aromatic nitrogens is 3. The summed E-state index contributed by atoms with van der Waals surface area (Å²) in [7, 11) is 0. The summed E-state index contributed by atoms with van der Waals surface area (Å²) in [6.07, 6.45) is 4.88. The van der Waals surface area contributed by atoms with Gasteiger partial charge in [0.2, 0.25) is 0 Å². The molecule has 0 bridgehead atoms. The van der Waals surface area contributed by atoms with Gasteiger partial charge in [-0.25, -0.2) is 9.67 Å². The lowest BCUT2D eigenvalue weighted by atomic mass is 9.74. The van der Waals surface area contributed by atoms with Gasteiger partial charge in [0.15, 0.2) is 5.65 Å². The third-order valence-corrected chi connectivity index (χ3v) is 5.13. The summed E-state index contributed by atoms with van der Waals surface area (Å²) in [5.41, 5.74) is 1.32. The zero-order chi connectivity index (χ0) is 18.2. The van der Waals surface area contributed by atoms with E-state index in [4.69, 9.17) is 5.11 Å². The van der Waals surface area contributed by atoms with Crippen molar-refractivity contribution in [1.29, 1.82) is 0 Å². The number of pyridine rings is 1. The maximum absolute atomic E-state index is 12.9. The minimum atomic E-state index is -0.888. The van der Waals surface area contributed by atoms with Crippen molar-refractivity contribution in [2.75, 3.05) is 0 Å². The Balaban J connectivity index is 1.96. The largest absolute Gasteiger partial charge is 0.481 e. The predicted molar refractivity (Wildman–Crippen MR) is 93.6 cm³/mol. The second kappa shape index (κ2) is 6.46. The van der Waals surface area contributed by atoms with E-state index in [-0.39, 0.29) is 18.4 Å². The summed E-state index contributed by atoms with van der Waals surface area (Å²) in [6, 6.07) is 1.93. The van der Waals surface area contributed by atoms with Crippen molar-refractivity contribution in [2.24, 2.45) is 0 Å². The molecule has 0 saturated heterocycles. The first-order valence-corrected chi connectivity index (χ1v) is 8.74. The molecule has 0 aromatic carbocycles. The van der Waals surface area contributed by atoms with E-state index in [0.29, 0.717) is 29.4 Å². The van der Waals surface area contributed by atoms with E-state index in [2.05, 4.69) is 29.2 Å². The highest BCUT2D eigenvalue weighted by atomic mass is 16.4. The van der Waals surface area contributed by atoms with Gasteiger partial charge in [0.1, 0.15) is 0 Å². The van der Waals surface area contributed by atoms with Gasteiger partial charge in [-0.2, -0.15) is 5.10 Å². The lowest BCUT2D eigenvalue weighted by Gasteiger charge is -2.41. The Morgan fingerprint density at radius 3 is 2.72 bits per heavy atom. The summed E-state index contributed by atoms with van der Waals surface area (Å²) in [5, 5.41) is 17.2. The minimum absolute atomic E-state index is 0.0436. The topological polar surface area (TPSA) is 97.1 Å². The fraction of sp³-hybridized carbons (Fsp3) is 0.556. The van der Waals surface area contributed by atoms with Crippen LogP contribution < -0.4 is 5.32 Å². The highest BCUT2D eigenvalue weighted by Crippen LogP contribution is 2.35. The number of nitrogens with one attached hydrogen (secondary N) is 1. The Kier molecular flexibility index (Phi) is 4.49. The van der Waals surface area contributed by atoms with Gasteiger partial charge in [-0.3, -0.25) is 9.59 Å².